The molecule has 1 N–H and O–H groups in total. The number of hydrogen-bond donors (Lipinski definition) is 1. The summed E-state index contributed by atoms with van der Waals surface area (Å²) in [4.78, 5) is 23.2. The van der Waals surface area contributed by atoms with Gasteiger partial charge in [-0.25, -0.2) is 13.8 Å². The Morgan fingerprint density at radius 3 is 2.29 bits per heavy atom. The number of hydrogen-bond acceptors (Lipinski definition) is 7. The van der Waals surface area contributed by atoms with Gasteiger partial charge in [0.05, 0.1) is 21.7 Å². The number of amides is 1. The van der Waals surface area contributed by atoms with Gasteiger partial charge in [-0.15, -0.1) is 0 Å². The molecule has 0 heterocycles. The number of nitrogens with one attached hydrogen (secondary N) is 1. The van der Waals surface area contributed by atoms with Gasteiger partial charge in [-0.05, 0) is 97.3 Å². The molecule has 0 aliphatic heterocycles. The van der Waals surface area contributed by atoms with Gasteiger partial charge in [-0.2, -0.15) is 5.10 Å². The fourth-order valence-corrected chi connectivity index (χ4v) is 5.62. The summed E-state index contributed by atoms with van der Waals surface area (Å²) in [7, 11) is -4.08. The minimum atomic E-state index is -4.08. The Kier molecular flexibility index (Phi) is 9.56. The number of nitro benzene ring substituents is 1. The SMILES string of the molecule is Cc1ccc(S(=O)(=O)N(CC(=O)N/N=C\c2ccc(OCc3ccc([N+](=O)[O-])cc3)cc2)c2ccc(Cl)cc2C)cc1. The number of nitro groups is 1. The molecule has 0 aromatic heterocycles. The van der Waals surface area contributed by atoms with E-state index in [-0.39, 0.29) is 17.2 Å². The third-order valence-corrected chi connectivity index (χ3v) is 8.17. The number of halogens is 1. The maximum absolute atomic E-state index is 13.6. The number of carbonyl (C=O) groups excluding carboxylic acids is 1. The quantitative estimate of drug-likeness (QED) is 0.131. The predicted octanol–water partition coefficient (Wildman–Crippen LogP) is 5.79. The van der Waals surface area contributed by atoms with Crippen molar-refractivity contribution in [3.05, 3.63) is 128 Å². The van der Waals surface area contributed by atoms with Crippen LogP contribution in [0, 0.1) is 24.0 Å². The van der Waals surface area contributed by atoms with Crippen molar-refractivity contribution in [2.24, 2.45) is 5.10 Å². The third kappa shape index (κ3) is 7.71. The maximum Gasteiger partial charge on any atom is 0.269 e. The predicted molar refractivity (Wildman–Crippen MR) is 162 cm³/mol. The van der Waals surface area contributed by atoms with E-state index in [1.807, 2.05) is 6.92 Å². The zero-order valence-corrected chi connectivity index (χ0v) is 24.3. The second-order valence-electron chi connectivity index (χ2n) is 9.33. The summed E-state index contributed by atoms with van der Waals surface area (Å²) in [6, 6.07) is 24.1. The molecule has 4 aromatic rings. The summed E-state index contributed by atoms with van der Waals surface area (Å²) in [6.07, 6.45) is 1.42. The van der Waals surface area contributed by atoms with Crippen LogP contribution in [0.5, 0.6) is 5.75 Å². The van der Waals surface area contributed by atoms with Crippen molar-refractivity contribution in [3.63, 3.8) is 0 Å². The van der Waals surface area contributed by atoms with Gasteiger partial charge in [0.2, 0.25) is 0 Å². The second-order valence-corrected chi connectivity index (χ2v) is 11.6. The van der Waals surface area contributed by atoms with Crippen molar-refractivity contribution in [2.75, 3.05) is 10.8 Å². The molecular formula is C30H27ClN4O6S. The number of rotatable bonds is 11. The normalized spacial score (nSPS) is 11.3. The van der Waals surface area contributed by atoms with Crippen molar-refractivity contribution in [1.29, 1.82) is 0 Å². The number of anilines is 1. The molecule has 12 heteroatoms. The highest BCUT2D eigenvalue weighted by Gasteiger charge is 2.28. The van der Waals surface area contributed by atoms with E-state index in [2.05, 4.69) is 10.5 Å². The minimum absolute atomic E-state index is 0.00942. The zero-order valence-electron chi connectivity index (χ0n) is 22.7. The molecular weight excluding hydrogens is 580 g/mol. The molecule has 4 aromatic carbocycles. The lowest BCUT2D eigenvalue weighted by atomic mass is 10.2. The Hall–Kier alpha value is -4.74. The lowest BCUT2D eigenvalue weighted by Crippen LogP contribution is -2.40. The zero-order chi connectivity index (χ0) is 30.3. The summed E-state index contributed by atoms with van der Waals surface area (Å²) in [6.45, 7) is 3.29. The van der Waals surface area contributed by atoms with Crippen molar-refractivity contribution in [2.45, 2.75) is 25.3 Å². The molecule has 0 saturated heterocycles. The van der Waals surface area contributed by atoms with Crippen LogP contribution in [0.15, 0.2) is 101 Å². The van der Waals surface area contributed by atoms with Gasteiger partial charge >= 0.3 is 0 Å². The maximum atomic E-state index is 13.6. The van der Waals surface area contributed by atoms with Crippen LogP contribution in [0.4, 0.5) is 11.4 Å². The molecule has 4 rings (SSSR count). The second kappa shape index (κ2) is 13.3. The molecule has 0 aliphatic carbocycles. The van der Waals surface area contributed by atoms with Crippen molar-refractivity contribution >= 4 is 45.1 Å². The molecule has 0 aliphatic rings. The number of sulfonamides is 1. The number of aryl methyl sites for hydroxylation is 2. The Bertz CT molecular complexity index is 1710. The van der Waals surface area contributed by atoms with Gasteiger partial charge in [0, 0.05) is 17.2 Å². The molecule has 10 nitrogen and oxygen atoms in total. The number of benzene rings is 4. The number of carbonyl (C=O) groups is 1. The van der Waals surface area contributed by atoms with Gasteiger partial charge in [-0.1, -0.05) is 29.3 Å². The smallest absolute Gasteiger partial charge is 0.269 e. The van der Waals surface area contributed by atoms with E-state index in [0.29, 0.717) is 27.6 Å². The number of hydrazone groups is 1. The fourth-order valence-electron chi connectivity index (χ4n) is 3.91. The molecule has 216 valence electrons. The lowest BCUT2D eigenvalue weighted by Gasteiger charge is -2.25. The van der Waals surface area contributed by atoms with Gasteiger partial charge in [0.25, 0.3) is 21.6 Å². The molecule has 0 unspecified atom stereocenters. The highest BCUT2D eigenvalue weighted by molar-refractivity contribution is 7.92. The summed E-state index contributed by atoms with van der Waals surface area (Å²) in [5.41, 5.74) is 5.65. The van der Waals surface area contributed by atoms with E-state index in [1.165, 1.54) is 30.5 Å². The summed E-state index contributed by atoms with van der Waals surface area (Å²) >= 11 is 6.08. The first-order valence-electron chi connectivity index (χ1n) is 12.7. The highest BCUT2D eigenvalue weighted by Crippen LogP contribution is 2.29. The topological polar surface area (TPSA) is 131 Å². The first kappa shape index (κ1) is 30.2. The Balaban J connectivity index is 1.40. The van der Waals surface area contributed by atoms with Crippen molar-refractivity contribution < 1.29 is 22.9 Å². The van der Waals surface area contributed by atoms with Crippen LogP contribution in [-0.4, -0.2) is 32.0 Å². The third-order valence-electron chi connectivity index (χ3n) is 6.16. The first-order chi connectivity index (χ1) is 20.0. The van der Waals surface area contributed by atoms with Crippen LogP contribution in [0.3, 0.4) is 0 Å². The van der Waals surface area contributed by atoms with Crippen LogP contribution in [0.25, 0.3) is 0 Å². The fraction of sp³-hybridized carbons (Fsp3) is 0.133. The highest BCUT2D eigenvalue weighted by atomic mass is 35.5. The first-order valence-corrected chi connectivity index (χ1v) is 14.5. The van der Waals surface area contributed by atoms with E-state index in [4.69, 9.17) is 16.3 Å². The Morgan fingerprint density at radius 2 is 1.67 bits per heavy atom. The van der Waals surface area contributed by atoms with Gasteiger partial charge in [0.15, 0.2) is 0 Å². The van der Waals surface area contributed by atoms with Crippen LogP contribution >= 0.6 is 11.6 Å². The van der Waals surface area contributed by atoms with Gasteiger partial charge < -0.3 is 4.74 Å². The standard InChI is InChI=1S/C30H27ClN4O6S/c1-21-3-14-28(15-4-21)42(39,40)34(29-16-9-25(31)17-22(29)2)19-30(36)33-32-18-23-7-12-27(13-8-23)41-20-24-5-10-26(11-6-24)35(37)38/h3-18H,19-20H2,1-2H3,(H,33,36)/b32-18-. The van der Waals surface area contributed by atoms with E-state index in [9.17, 15) is 23.3 Å². The molecule has 0 spiro atoms. The minimum Gasteiger partial charge on any atom is -0.489 e. The van der Waals surface area contributed by atoms with Crippen molar-refractivity contribution in [1.82, 2.24) is 5.43 Å². The summed E-state index contributed by atoms with van der Waals surface area (Å²) in [5.74, 6) is -0.0656. The number of non-ortho nitro benzene ring substituents is 1. The molecule has 0 fully saturated rings. The van der Waals surface area contributed by atoms with Crippen LogP contribution in [-0.2, 0) is 21.4 Å². The van der Waals surface area contributed by atoms with Crippen molar-refractivity contribution in [3.8, 4) is 5.75 Å². The Labute approximate surface area is 248 Å². The van der Waals surface area contributed by atoms with E-state index in [1.54, 1.807) is 73.7 Å². The van der Waals surface area contributed by atoms with Crippen LogP contribution in [0.1, 0.15) is 22.3 Å². The molecule has 1 amide bonds. The molecule has 42 heavy (non-hydrogen) atoms. The number of nitrogens with zero attached hydrogens (tertiary/aromatic N) is 3. The average Bonchev–Trinajstić information content (AvgIpc) is 2.96. The summed E-state index contributed by atoms with van der Waals surface area (Å²) in [5, 5.41) is 15.2. The van der Waals surface area contributed by atoms with Crippen LogP contribution in [0.2, 0.25) is 5.02 Å². The van der Waals surface area contributed by atoms with Gasteiger partial charge in [-0.3, -0.25) is 19.2 Å². The van der Waals surface area contributed by atoms with E-state index >= 15 is 0 Å². The van der Waals surface area contributed by atoms with Crippen LogP contribution < -0.4 is 14.5 Å². The monoisotopic (exact) mass is 606 g/mol. The van der Waals surface area contributed by atoms with E-state index in [0.717, 1.165) is 15.4 Å². The number of ether oxygens (including phenoxy) is 1. The molecule has 0 atom stereocenters. The van der Waals surface area contributed by atoms with E-state index < -0.39 is 27.4 Å². The van der Waals surface area contributed by atoms with Gasteiger partial charge in [0.1, 0.15) is 18.9 Å². The lowest BCUT2D eigenvalue weighted by molar-refractivity contribution is -0.384. The summed E-state index contributed by atoms with van der Waals surface area (Å²) < 4.78 is 33.9. The Morgan fingerprint density at radius 1 is 1.00 bits per heavy atom. The largest absolute Gasteiger partial charge is 0.489 e. The molecule has 0 saturated carbocycles. The molecule has 0 bridgehead atoms. The average molecular weight is 607 g/mol. The molecule has 0 radical (unpaired) electrons.